The zero-order valence-corrected chi connectivity index (χ0v) is 15.5. The van der Waals surface area contributed by atoms with Gasteiger partial charge in [-0.3, -0.25) is 0 Å². The van der Waals surface area contributed by atoms with Gasteiger partial charge in [0.05, 0.1) is 24.8 Å². The Morgan fingerprint density at radius 2 is 1.54 bits per heavy atom. The first kappa shape index (κ1) is 18.6. The second kappa shape index (κ2) is 9.52. The summed E-state index contributed by atoms with van der Waals surface area (Å²) in [6, 6.07) is 18.7. The number of nitrogens with zero attached hydrogens (tertiary/aromatic N) is 1. The highest BCUT2D eigenvalue weighted by Crippen LogP contribution is 2.20. The molecule has 0 N–H and O–H groups in total. The van der Waals surface area contributed by atoms with Crippen molar-refractivity contribution in [1.82, 2.24) is 0 Å². The predicted molar refractivity (Wildman–Crippen MR) is 103 cm³/mol. The molecule has 3 rings (SSSR count). The molecule has 1 aliphatic heterocycles. The van der Waals surface area contributed by atoms with Gasteiger partial charge >= 0.3 is 0 Å². The van der Waals surface area contributed by atoms with E-state index in [0.29, 0.717) is 11.5 Å². The Bertz CT molecular complexity index is 707. The lowest BCUT2D eigenvalue weighted by Crippen LogP contribution is -2.33. The lowest BCUT2D eigenvalue weighted by atomic mass is 9.99. The monoisotopic (exact) mass is 349 g/mol. The quantitative estimate of drug-likeness (QED) is 0.729. The van der Waals surface area contributed by atoms with E-state index < -0.39 is 0 Å². The third-order valence-electron chi connectivity index (χ3n) is 5.03. The molecule has 0 amide bonds. The molecule has 1 aliphatic rings. The SMILES string of the molecule is CCc1ccc(CCCC2COC(Cc3ccc(C#N)cc3)OC2)cc1. The molecule has 0 aromatic heterocycles. The van der Waals surface area contributed by atoms with Gasteiger partial charge in [-0.15, -0.1) is 0 Å². The molecule has 1 heterocycles. The summed E-state index contributed by atoms with van der Waals surface area (Å²) >= 11 is 0. The highest BCUT2D eigenvalue weighted by Gasteiger charge is 2.22. The molecule has 0 unspecified atom stereocenters. The van der Waals surface area contributed by atoms with Crippen LogP contribution in [0.5, 0.6) is 0 Å². The van der Waals surface area contributed by atoms with Gasteiger partial charge in [-0.1, -0.05) is 43.3 Å². The highest BCUT2D eigenvalue weighted by atomic mass is 16.7. The van der Waals surface area contributed by atoms with Crippen LogP contribution in [-0.2, 0) is 28.7 Å². The second-order valence-corrected chi connectivity index (χ2v) is 7.04. The molecule has 26 heavy (non-hydrogen) atoms. The van der Waals surface area contributed by atoms with Crippen molar-refractivity contribution in [1.29, 1.82) is 5.26 Å². The van der Waals surface area contributed by atoms with Crippen LogP contribution in [0.4, 0.5) is 0 Å². The van der Waals surface area contributed by atoms with Gasteiger partial charge in [0.1, 0.15) is 0 Å². The lowest BCUT2D eigenvalue weighted by Gasteiger charge is -2.29. The molecule has 136 valence electrons. The Labute approximate surface area is 156 Å². The van der Waals surface area contributed by atoms with Gasteiger partial charge in [0.2, 0.25) is 0 Å². The normalized spacial score (nSPS) is 19.8. The van der Waals surface area contributed by atoms with Crippen molar-refractivity contribution in [2.75, 3.05) is 13.2 Å². The van der Waals surface area contributed by atoms with Crippen LogP contribution in [0.3, 0.4) is 0 Å². The molecule has 0 aliphatic carbocycles. The molecule has 1 saturated heterocycles. The molecule has 0 bridgehead atoms. The maximum absolute atomic E-state index is 8.85. The fourth-order valence-corrected chi connectivity index (χ4v) is 3.31. The van der Waals surface area contributed by atoms with Crippen molar-refractivity contribution in [2.45, 2.75) is 45.3 Å². The Morgan fingerprint density at radius 3 is 2.15 bits per heavy atom. The lowest BCUT2D eigenvalue weighted by molar-refractivity contribution is -0.200. The maximum Gasteiger partial charge on any atom is 0.161 e. The third-order valence-corrected chi connectivity index (χ3v) is 5.03. The van der Waals surface area contributed by atoms with Crippen LogP contribution in [0.15, 0.2) is 48.5 Å². The van der Waals surface area contributed by atoms with E-state index in [-0.39, 0.29) is 6.29 Å². The molecular weight excluding hydrogens is 322 g/mol. The number of rotatable bonds is 7. The Kier molecular flexibility index (Phi) is 6.82. The molecule has 2 aromatic rings. The van der Waals surface area contributed by atoms with E-state index in [1.165, 1.54) is 17.5 Å². The first-order valence-electron chi connectivity index (χ1n) is 9.57. The summed E-state index contributed by atoms with van der Waals surface area (Å²) in [5, 5.41) is 8.85. The molecule has 2 aromatic carbocycles. The largest absolute Gasteiger partial charge is 0.352 e. The molecule has 3 nitrogen and oxygen atoms in total. The molecule has 1 fully saturated rings. The van der Waals surface area contributed by atoms with Crippen LogP contribution < -0.4 is 0 Å². The van der Waals surface area contributed by atoms with E-state index in [4.69, 9.17) is 14.7 Å². The summed E-state index contributed by atoms with van der Waals surface area (Å²) in [5.41, 5.74) is 4.64. The minimum Gasteiger partial charge on any atom is -0.352 e. The van der Waals surface area contributed by atoms with Crippen molar-refractivity contribution in [3.63, 3.8) is 0 Å². The van der Waals surface area contributed by atoms with Gasteiger partial charge in [0.25, 0.3) is 0 Å². The van der Waals surface area contributed by atoms with Crippen molar-refractivity contribution < 1.29 is 9.47 Å². The van der Waals surface area contributed by atoms with Gasteiger partial charge in [-0.05, 0) is 54.5 Å². The zero-order chi connectivity index (χ0) is 18.2. The minimum absolute atomic E-state index is 0.166. The fraction of sp³-hybridized carbons (Fsp3) is 0.435. The van der Waals surface area contributed by atoms with Crippen LogP contribution in [0.25, 0.3) is 0 Å². The summed E-state index contributed by atoms with van der Waals surface area (Å²) in [6.45, 7) is 3.73. The number of aryl methyl sites for hydroxylation is 2. The van der Waals surface area contributed by atoms with Gasteiger partial charge in [-0.25, -0.2) is 0 Å². The number of benzene rings is 2. The first-order valence-corrected chi connectivity index (χ1v) is 9.57. The van der Waals surface area contributed by atoms with Gasteiger partial charge < -0.3 is 9.47 Å². The summed E-state index contributed by atoms with van der Waals surface area (Å²) in [7, 11) is 0. The summed E-state index contributed by atoms with van der Waals surface area (Å²) in [5.74, 6) is 0.488. The Morgan fingerprint density at radius 1 is 0.923 bits per heavy atom. The van der Waals surface area contributed by atoms with E-state index in [2.05, 4.69) is 37.3 Å². The van der Waals surface area contributed by atoms with Crippen molar-refractivity contribution in [3.05, 3.63) is 70.8 Å². The summed E-state index contributed by atoms with van der Waals surface area (Å²) in [6.07, 6.45) is 5.10. The minimum atomic E-state index is -0.166. The van der Waals surface area contributed by atoms with Crippen LogP contribution in [0.1, 0.15) is 42.0 Å². The number of ether oxygens (including phenoxy) is 2. The van der Waals surface area contributed by atoms with E-state index >= 15 is 0 Å². The molecule has 0 saturated carbocycles. The molecular formula is C23H27NO2. The van der Waals surface area contributed by atoms with Crippen LogP contribution in [0.2, 0.25) is 0 Å². The molecule has 0 spiro atoms. The standard InChI is InChI=1S/C23H27NO2/c1-2-18-6-8-19(9-7-18)4-3-5-22-16-25-23(26-17-22)14-20-10-12-21(15-24)13-11-20/h6-13,22-23H,2-5,14,16-17H2,1H3. The fourth-order valence-electron chi connectivity index (χ4n) is 3.31. The van der Waals surface area contributed by atoms with Gasteiger partial charge in [0, 0.05) is 12.3 Å². The summed E-state index contributed by atoms with van der Waals surface area (Å²) < 4.78 is 11.8. The van der Waals surface area contributed by atoms with E-state index in [9.17, 15) is 0 Å². The van der Waals surface area contributed by atoms with Crippen molar-refractivity contribution in [2.24, 2.45) is 5.92 Å². The highest BCUT2D eigenvalue weighted by molar-refractivity contribution is 5.31. The maximum atomic E-state index is 8.85. The summed E-state index contributed by atoms with van der Waals surface area (Å²) in [4.78, 5) is 0. The molecule has 3 heteroatoms. The second-order valence-electron chi connectivity index (χ2n) is 7.04. The number of hydrogen-bond acceptors (Lipinski definition) is 3. The average Bonchev–Trinajstić information content (AvgIpc) is 2.70. The van der Waals surface area contributed by atoms with Crippen LogP contribution in [-0.4, -0.2) is 19.5 Å². The Hall–Kier alpha value is -2.15. The smallest absolute Gasteiger partial charge is 0.161 e. The number of hydrogen-bond donors (Lipinski definition) is 0. The predicted octanol–water partition coefficient (Wildman–Crippen LogP) is 4.68. The Balaban J connectivity index is 1.36. The van der Waals surface area contributed by atoms with Crippen LogP contribution in [0, 0.1) is 17.2 Å². The molecule has 0 radical (unpaired) electrons. The average molecular weight is 349 g/mol. The van der Waals surface area contributed by atoms with E-state index in [1.54, 1.807) is 0 Å². The number of nitriles is 1. The van der Waals surface area contributed by atoms with E-state index in [1.807, 2.05) is 24.3 Å². The van der Waals surface area contributed by atoms with Gasteiger partial charge in [-0.2, -0.15) is 5.26 Å². The third kappa shape index (κ3) is 5.42. The topological polar surface area (TPSA) is 42.2 Å². The molecule has 0 atom stereocenters. The van der Waals surface area contributed by atoms with Crippen molar-refractivity contribution in [3.8, 4) is 6.07 Å². The zero-order valence-electron chi connectivity index (χ0n) is 15.5. The van der Waals surface area contributed by atoms with Gasteiger partial charge in [0.15, 0.2) is 6.29 Å². The van der Waals surface area contributed by atoms with E-state index in [0.717, 1.165) is 44.5 Å². The van der Waals surface area contributed by atoms with Crippen molar-refractivity contribution >= 4 is 0 Å². The van der Waals surface area contributed by atoms with Crippen LogP contribution >= 0.6 is 0 Å². The first-order chi connectivity index (χ1) is 12.8.